The van der Waals surface area contributed by atoms with Gasteiger partial charge in [0.25, 0.3) is 5.69 Å². The number of rotatable bonds is 4. The Balaban J connectivity index is 2.17. The quantitative estimate of drug-likeness (QED) is 0.413. The topological polar surface area (TPSA) is 143 Å². The van der Waals surface area contributed by atoms with E-state index in [1.54, 1.807) is 6.92 Å². The Morgan fingerprint density at radius 3 is 2.50 bits per heavy atom. The molecule has 1 aromatic rings. The van der Waals surface area contributed by atoms with Crippen molar-refractivity contribution in [3.8, 4) is 5.75 Å². The van der Waals surface area contributed by atoms with Crippen LogP contribution >= 0.6 is 0 Å². The van der Waals surface area contributed by atoms with Crippen LogP contribution in [0.5, 0.6) is 5.75 Å². The highest BCUT2D eigenvalue weighted by molar-refractivity contribution is 5.43. The molecule has 1 fully saturated rings. The van der Waals surface area contributed by atoms with E-state index in [4.69, 9.17) is 14.6 Å². The van der Waals surface area contributed by atoms with Gasteiger partial charge in [-0.2, -0.15) is 0 Å². The fraction of sp³-hybridized carbons (Fsp3) is 0.538. The maximum Gasteiger partial charge on any atom is 0.269 e. The largest absolute Gasteiger partial charge is 0.462 e. The fourth-order valence-electron chi connectivity index (χ4n) is 2.17. The highest BCUT2D eigenvalue weighted by atomic mass is 16.7. The number of nitrogens with zero attached hydrogens (tertiary/aromatic N) is 1. The average Bonchev–Trinajstić information content (AvgIpc) is 2.49. The van der Waals surface area contributed by atoms with Crippen LogP contribution in [0.25, 0.3) is 0 Å². The molecular formula is C13H17NO8. The second-order valence-electron chi connectivity index (χ2n) is 5.02. The minimum atomic E-state index is -1.55. The van der Waals surface area contributed by atoms with Gasteiger partial charge in [0.05, 0.1) is 11.5 Å². The van der Waals surface area contributed by atoms with Gasteiger partial charge in [-0.3, -0.25) is 10.1 Å². The first-order valence-corrected chi connectivity index (χ1v) is 6.57. The third-order valence-electron chi connectivity index (χ3n) is 3.46. The molecule has 4 N–H and O–H groups in total. The third kappa shape index (κ3) is 3.18. The summed E-state index contributed by atoms with van der Waals surface area (Å²) in [6.07, 6.45) is -6.96. The molecule has 9 heteroatoms. The lowest BCUT2D eigenvalue weighted by Gasteiger charge is -2.39. The van der Waals surface area contributed by atoms with E-state index in [-0.39, 0.29) is 11.4 Å². The van der Waals surface area contributed by atoms with E-state index in [1.807, 2.05) is 0 Å². The molecule has 1 aliphatic heterocycles. The molecule has 1 aromatic carbocycles. The first kappa shape index (κ1) is 16.6. The molecule has 9 nitrogen and oxygen atoms in total. The predicted octanol–water partition coefficient (Wildman–Crippen LogP) is -0.918. The van der Waals surface area contributed by atoms with Gasteiger partial charge in [-0.25, -0.2) is 0 Å². The number of nitro groups is 1. The van der Waals surface area contributed by atoms with E-state index in [2.05, 4.69) is 0 Å². The molecular weight excluding hydrogens is 298 g/mol. The number of nitro benzene ring substituents is 1. The molecule has 0 spiro atoms. The second kappa shape index (κ2) is 6.55. The Morgan fingerprint density at radius 2 is 1.95 bits per heavy atom. The Bertz CT molecular complexity index is 549. The third-order valence-corrected chi connectivity index (χ3v) is 3.46. The fourth-order valence-corrected chi connectivity index (χ4v) is 2.17. The number of benzene rings is 1. The summed E-state index contributed by atoms with van der Waals surface area (Å²) in [5.41, 5.74) is 0.324. The Hall–Kier alpha value is -1.78. The molecule has 0 radical (unpaired) electrons. The minimum Gasteiger partial charge on any atom is -0.462 e. The van der Waals surface area contributed by atoms with Crippen molar-refractivity contribution in [3.63, 3.8) is 0 Å². The molecule has 22 heavy (non-hydrogen) atoms. The van der Waals surface area contributed by atoms with Crippen LogP contribution in [0.3, 0.4) is 0 Å². The zero-order valence-corrected chi connectivity index (χ0v) is 11.7. The Labute approximate surface area is 125 Å². The molecule has 0 saturated carbocycles. The van der Waals surface area contributed by atoms with Crippen molar-refractivity contribution in [1.29, 1.82) is 0 Å². The SMILES string of the molecule is Cc1cc([N+](=O)[O-])ccc1O[C@@H]1O[C@H](CO)[C@@H](O)[C@H](O)[C@H]1O. The monoisotopic (exact) mass is 315 g/mol. The molecule has 0 amide bonds. The van der Waals surface area contributed by atoms with E-state index < -0.39 is 42.2 Å². The molecule has 1 aliphatic rings. The van der Waals surface area contributed by atoms with Crippen LogP contribution in [-0.4, -0.2) is 62.7 Å². The number of ether oxygens (including phenoxy) is 2. The summed E-state index contributed by atoms with van der Waals surface area (Å²) < 4.78 is 10.6. The summed E-state index contributed by atoms with van der Waals surface area (Å²) in [5, 5.41) is 49.0. The number of aryl methyl sites for hydroxylation is 1. The molecule has 0 bridgehead atoms. The van der Waals surface area contributed by atoms with Gasteiger partial charge in [-0.15, -0.1) is 0 Å². The van der Waals surface area contributed by atoms with Crippen LogP contribution in [0, 0.1) is 17.0 Å². The summed E-state index contributed by atoms with van der Waals surface area (Å²) in [5.74, 6) is 0.218. The molecule has 1 saturated heterocycles. The Morgan fingerprint density at radius 1 is 1.27 bits per heavy atom. The van der Waals surface area contributed by atoms with Crippen molar-refractivity contribution in [2.75, 3.05) is 6.61 Å². The van der Waals surface area contributed by atoms with Crippen molar-refractivity contribution < 1.29 is 34.8 Å². The van der Waals surface area contributed by atoms with Gasteiger partial charge in [0.15, 0.2) is 0 Å². The number of aliphatic hydroxyl groups is 4. The zero-order valence-electron chi connectivity index (χ0n) is 11.7. The van der Waals surface area contributed by atoms with E-state index in [0.29, 0.717) is 5.56 Å². The number of hydrogen-bond donors (Lipinski definition) is 4. The van der Waals surface area contributed by atoms with Crippen LogP contribution in [0.2, 0.25) is 0 Å². The lowest BCUT2D eigenvalue weighted by Crippen LogP contribution is -2.60. The molecule has 5 atom stereocenters. The van der Waals surface area contributed by atoms with Crippen molar-refractivity contribution >= 4 is 5.69 Å². The lowest BCUT2D eigenvalue weighted by molar-refractivity contribution is -0.384. The first-order chi connectivity index (χ1) is 10.3. The van der Waals surface area contributed by atoms with Crippen LogP contribution in [-0.2, 0) is 4.74 Å². The van der Waals surface area contributed by atoms with E-state index >= 15 is 0 Å². The number of non-ortho nitro benzene ring substituents is 1. The molecule has 0 aromatic heterocycles. The molecule has 0 unspecified atom stereocenters. The van der Waals surface area contributed by atoms with Crippen LogP contribution in [0.15, 0.2) is 18.2 Å². The highest BCUT2D eigenvalue weighted by Gasteiger charge is 2.44. The summed E-state index contributed by atoms with van der Waals surface area (Å²) in [6, 6.07) is 3.86. The maximum absolute atomic E-state index is 10.7. The van der Waals surface area contributed by atoms with Crippen LogP contribution < -0.4 is 4.74 Å². The number of aliphatic hydroxyl groups excluding tert-OH is 4. The van der Waals surface area contributed by atoms with Crippen molar-refractivity contribution in [3.05, 3.63) is 33.9 Å². The normalized spacial score (nSPS) is 31.8. The lowest BCUT2D eigenvalue weighted by atomic mass is 9.99. The van der Waals surface area contributed by atoms with Crippen molar-refractivity contribution in [1.82, 2.24) is 0 Å². The van der Waals surface area contributed by atoms with Crippen LogP contribution in [0.4, 0.5) is 5.69 Å². The van der Waals surface area contributed by atoms with E-state index in [9.17, 15) is 25.4 Å². The van der Waals surface area contributed by atoms with Crippen molar-refractivity contribution in [2.45, 2.75) is 37.6 Å². The maximum atomic E-state index is 10.7. The first-order valence-electron chi connectivity index (χ1n) is 6.57. The van der Waals surface area contributed by atoms with Crippen molar-refractivity contribution in [2.24, 2.45) is 0 Å². The standard InChI is InChI=1S/C13H17NO8/c1-6-4-7(14(19)20)2-3-8(6)21-13-12(18)11(17)10(16)9(5-15)22-13/h2-4,9-13,15-18H,5H2,1H3/t9-,10-,11+,12-,13-/m1/s1. The second-order valence-corrected chi connectivity index (χ2v) is 5.02. The molecule has 0 aliphatic carbocycles. The van der Waals surface area contributed by atoms with Gasteiger partial charge < -0.3 is 29.9 Å². The van der Waals surface area contributed by atoms with Gasteiger partial charge >= 0.3 is 0 Å². The Kier molecular flexibility index (Phi) is 4.94. The van der Waals surface area contributed by atoms with E-state index in [1.165, 1.54) is 18.2 Å². The molecule has 1 heterocycles. The highest BCUT2D eigenvalue weighted by Crippen LogP contribution is 2.28. The molecule has 2 rings (SSSR count). The number of hydrogen-bond acceptors (Lipinski definition) is 8. The molecule has 122 valence electrons. The average molecular weight is 315 g/mol. The van der Waals surface area contributed by atoms with Gasteiger partial charge in [-0.05, 0) is 18.6 Å². The van der Waals surface area contributed by atoms with Gasteiger partial charge in [0.2, 0.25) is 6.29 Å². The van der Waals surface area contributed by atoms with Gasteiger partial charge in [0, 0.05) is 12.1 Å². The minimum absolute atomic E-state index is 0.112. The smallest absolute Gasteiger partial charge is 0.269 e. The predicted molar refractivity (Wildman–Crippen MR) is 72.2 cm³/mol. The van der Waals surface area contributed by atoms with Crippen LogP contribution in [0.1, 0.15) is 5.56 Å². The van der Waals surface area contributed by atoms with Gasteiger partial charge in [0.1, 0.15) is 30.2 Å². The zero-order chi connectivity index (χ0) is 16.4. The summed E-state index contributed by atoms with van der Waals surface area (Å²) in [6.45, 7) is 1.01. The summed E-state index contributed by atoms with van der Waals surface area (Å²) >= 11 is 0. The van der Waals surface area contributed by atoms with Gasteiger partial charge in [-0.1, -0.05) is 0 Å². The van der Waals surface area contributed by atoms with E-state index in [0.717, 1.165) is 0 Å². The summed E-state index contributed by atoms with van der Waals surface area (Å²) in [4.78, 5) is 10.1. The summed E-state index contributed by atoms with van der Waals surface area (Å²) in [7, 11) is 0.